The molecule has 86 valence electrons. The molecule has 4 nitrogen and oxygen atoms in total. The quantitative estimate of drug-likeness (QED) is 0.785. The molecular formula is C12H16N2O2. The minimum absolute atomic E-state index is 0.175. The Bertz CT molecular complexity index is 408. The van der Waals surface area contributed by atoms with Crippen molar-refractivity contribution in [2.24, 2.45) is 11.1 Å². The average Bonchev–Trinajstić information content (AvgIpc) is 2.17. The predicted octanol–water partition coefficient (Wildman–Crippen LogP) is 1.51. The highest BCUT2D eigenvalue weighted by atomic mass is 16.1. The maximum absolute atomic E-state index is 11.2. The number of nitrogens with two attached hydrogens (primary N) is 1. The fourth-order valence-electron chi connectivity index (χ4n) is 1.62. The van der Waals surface area contributed by atoms with E-state index in [0.717, 1.165) is 6.29 Å². The predicted molar refractivity (Wildman–Crippen MR) is 61.0 cm³/mol. The van der Waals surface area contributed by atoms with Crippen molar-refractivity contribution in [2.45, 2.75) is 26.7 Å². The van der Waals surface area contributed by atoms with Crippen LogP contribution in [0.15, 0.2) is 18.3 Å². The van der Waals surface area contributed by atoms with Crippen LogP contribution in [0.3, 0.4) is 0 Å². The topological polar surface area (TPSA) is 73.1 Å². The number of amides is 1. The van der Waals surface area contributed by atoms with E-state index in [0.29, 0.717) is 5.56 Å². The van der Waals surface area contributed by atoms with Crippen molar-refractivity contribution in [3.63, 3.8) is 0 Å². The summed E-state index contributed by atoms with van der Waals surface area (Å²) in [6.45, 7) is 5.80. The van der Waals surface area contributed by atoms with Crippen LogP contribution in [0.2, 0.25) is 0 Å². The highest BCUT2D eigenvalue weighted by Crippen LogP contribution is 2.34. The van der Waals surface area contributed by atoms with E-state index in [9.17, 15) is 9.59 Å². The molecule has 0 aliphatic heterocycles. The Balaban J connectivity index is 3.30. The minimum atomic E-state index is -0.605. The van der Waals surface area contributed by atoms with E-state index >= 15 is 0 Å². The number of primary amides is 1. The molecule has 1 atom stereocenters. The molecule has 2 N–H and O–H groups in total. The summed E-state index contributed by atoms with van der Waals surface area (Å²) in [4.78, 5) is 26.3. The summed E-state index contributed by atoms with van der Waals surface area (Å²) >= 11 is 0. The van der Waals surface area contributed by atoms with E-state index in [1.165, 1.54) is 6.20 Å². The summed E-state index contributed by atoms with van der Waals surface area (Å²) in [6, 6.07) is 3.42. The number of hydrogen-bond acceptors (Lipinski definition) is 3. The lowest BCUT2D eigenvalue weighted by Gasteiger charge is -2.26. The summed E-state index contributed by atoms with van der Waals surface area (Å²) in [7, 11) is 0. The van der Waals surface area contributed by atoms with Gasteiger partial charge >= 0.3 is 0 Å². The molecule has 0 radical (unpaired) electrons. The molecule has 1 aromatic rings. The zero-order valence-corrected chi connectivity index (χ0v) is 9.73. The van der Waals surface area contributed by atoms with Crippen LogP contribution in [0.25, 0.3) is 0 Å². The molecule has 1 aromatic heterocycles. The second kappa shape index (κ2) is 4.43. The Morgan fingerprint density at radius 3 is 2.56 bits per heavy atom. The Hall–Kier alpha value is -1.71. The van der Waals surface area contributed by atoms with Gasteiger partial charge in [0.2, 0.25) is 0 Å². The fraction of sp³-hybridized carbons (Fsp3) is 0.417. The number of carbonyl (C=O) groups is 2. The van der Waals surface area contributed by atoms with Crippen molar-refractivity contribution < 1.29 is 9.59 Å². The molecule has 0 aromatic carbocycles. The van der Waals surface area contributed by atoms with Gasteiger partial charge in [0, 0.05) is 12.1 Å². The van der Waals surface area contributed by atoms with E-state index in [2.05, 4.69) is 4.98 Å². The van der Waals surface area contributed by atoms with E-state index < -0.39 is 5.91 Å². The highest BCUT2D eigenvalue weighted by Gasteiger charge is 2.29. The van der Waals surface area contributed by atoms with Crippen LogP contribution in [0.4, 0.5) is 0 Å². The Kier molecular flexibility index (Phi) is 3.42. The number of pyridine rings is 1. The third-order valence-corrected chi connectivity index (χ3v) is 2.48. The van der Waals surface area contributed by atoms with Gasteiger partial charge in [0.1, 0.15) is 12.0 Å². The number of aldehydes is 1. The molecule has 0 aliphatic rings. The summed E-state index contributed by atoms with van der Waals surface area (Å²) in [5.41, 5.74) is 5.73. The normalized spacial score (nSPS) is 13.2. The van der Waals surface area contributed by atoms with Crippen LogP contribution in [0.5, 0.6) is 0 Å². The van der Waals surface area contributed by atoms with E-state index in [1.54, 1.807) is 12.1 Å². The van der Waals surface area contributed by atoms with Crippen LogP contribution in [-0.2, 0) is 4.79 Å². The summed E-state index contributed by atoms with van der Waals surface area (Å²) in [5, 5.41) is 0. The van der Waals surface area contributed by atoms with Gasteiger partial charge in [0.05, 0.1) is 0 Å². The Labute approximate surface area is 94.9 Å². The van der Waals surface area contributed by atoms with Gasteiger partial charge in [-0.05, 0) is 17.0 Å². The molecule has 4 heteroatoms. The molecular weight excluding hydrogens is 204 g/mol. The largest absolute Gasteiger partial charge is 0.364 e. The number of hydrogen-bond donors (Lipinski definition) is 1. The first-order valence-corrected chi connectivity index (χ1v) is 5.08. The molecule has 1 rings (SSSR count). The van der Waals surface area contributed by atoms with Gasteiger partial charge in [-0.25, -0.2) is 0 Å². The second-order valence-electron chi connectivity index (χ2n) is 4.79. The first-order valence-electron chi connectivity index (χ1n) is 5.08. The molecule has 1 heterocycles. The average molecular weight is 220 g/mol. The number of rotatable bonds is 3. The van der Waals surface area contributed by atoms with Gasteiger partial charge in [-0.3, -0.25) is 9.78 Å². The summed E-state index contributed by atoms with van der Waals surface area (Å²) < 4.78 is 0. The van der Waals surface area contributed by atoms with Crippen LogP contribution in [-0.4, -0.2) is 17.2 Å². The number of carbonyl (C=O) groups excluding carboxylic acids is 2. The van der Waals surface area contributed by atoms with Gasteiger partial charge in [0.15, 0.2) is 0 Å². The number of aromatic nitrogens is 1. The van der Waals surface area contributed by atoms with Crippen LogP contribution >= 0.6 is 0 Å². The van der Waals surface area contributed by atoms with Crippen molar-refractivity contribution >= 4 is 12.2 Å². The third kappa shape index (κ3) is 2.45. The van der Waals surface area contributed by atoms with Crippen molar-refractivity contribution in [2.75, 3.05) is 0 Å². The molecule has 0 saturated heterocycles. The van der Waals surface area contributed by atoms with Crippen molar-refractivity contribution in [1.29, 1.82) is 0 Å². The maximum atomic E-state index is 11.2. The SMILES string of the molecule is CC(C)(C)C(C=O)c1cccnc1C(N)=O. The highest BCUT2D eigenvalue weighted by molar-refractivity contribution is 5.93. The maximum Gasteiger partial charge on any atom is 0.267 e. The Morgan fingerprint density at radius 2 is 2.12 bits per heavy atom. The third-order valence-electron chi connectivity index (χ3n) is 2.48. The first-order chi connectivity index (χ1) is 7.38. The smallest absolute Gasteiger partial charge is 0.267 e. The molecule has 0 spiro atoms. The minimum Gasteiger partial charge on any atom is -0.364 e. The van der Waals surface area contributed by atoms with Gasteiger partial charge in [-0.15, -0.1) is 0 Å². The molecule has 1 unspecified atom stereocenters. The lowest BCUT2D eigenvalue weighted by molar-refractivity contribution is -0.111. The van der Waals surface area contributed by atoms with Gasteiger partial charge in [0.25, 0.3) is 5.91 Å². The monoisotopic (exact) mass is 220 g/mol. The number of nitrogens with zero attached hydrogens (tertiary/aromatic N) is 1. The van der Waals surface area contributed by atoms with Gasteiger partial charge < -0.3 is 10.5 Å². The molecule has 0 aliphatic carbocycles. The van der Waals surface area contributed by atoms with Crippen LogP contribution in [0.1, 0.15) is 42.7 Å². The lowest BCUT2D eigenvalue weighted by atomic mass is 9.77. The standard InChI is InChI=1S/C12H16N2O2/c1-12(2,3)9(7-15)8-5-4-6-14-10(8)11(13)16/h4-7,9H,1-3H3,(H2,13,16). The summed E-state index contributed by atoms with van der Waals surface area (Å²) in [5.74, 6) is -0.990. The molecule has 0 saturated carbocycles. The molecule has 1 amide bonds. The first kappa shape index (κ1) is 12.4. The van der Waals surface area contributed by atoms with Gasteiger partial charge in [-0.1, -0.05) is 26.8 Å². The molecule has 0 fully saturated rings. The summed E-state index contributed by atoms with van der Waals surface area (Å²) in [6.07, 6.45) is 2.33. The van der Waals surface area contributed by atoms with Crippen molar-refractivity contribution in [1.82, 2.24) is 4.98 Å². The molecule has 0 bridgehead atoms. The van der Waals surface area contributed by atoms with Crippen molar-refractivity contribution in [3.8, 4) is 0 Å². The Morgan fingerprint density at radius 1 is 1.50 bits per heavy atom. The van der Waals surface area contributed by atoms with E-state index in [-0.39, 0.29) is 17.0 Å². The van der Waals surface area contributed by atoms with Gasteiger partial charge in [-0.2, -0.15) is 0 Å². The van der Waals surface area contributed by atoms with Crippen molar-refractivity contribution in [3.05, 3.63) is 29.6 Å². The van der Waals surface area contributed by atoms with E-state index in [4.69, 9.17) is 5.73 Å². The lowest BCUT2D eigenvalue weighted by Crippen LogP contribution is -2.24. The zero-order chi connectivity index (χ0) is 12.3. The van der Waals surface area contributed by atoms with Crippen LogP contribution in [0, 0.1) is 5.41 Å². The second-order valence-corrected chi connectivity index (χ2v) is 4.79. The zero-order valence-electron chi connectivity index (χ0n) is 9.73. The fourth-order valence-corrected chi connectivity index (χ4v) is 1.62. The van der Waals surface area contributed by atoms with E-state index in [1.807, 2.05) is 20.8 Å². The van der Waals surface area contributed by atoms with Crippen LogP contribution < -0.4 is 5.73 Å². The molecule has 16 heavy (non-hydrogen) atoms.